The summed E-state index contributed by atoms with van der Waals surface area (Å²) in [5, 5.41) is 0. The standard InChI is InChI=1S/C15H23NO2/c1-4-5-12(10-16)14(17)9-13-8-11(2)6-7-15(13)18-3/h6-8,12H,4-5,9-10,16H2,1-3H3. The number of Topliss-reactive ketones (excluding diaryl/α,β-unsaturated/α-hetero) is 1. The van der Waals surface area contributed by atoms with Crippen LogP contribution in [0.4, 0.5) is 0 Å². The Hall–Kier alpha value is -1.35. The molecule has 0 aliphatic rings. The maximum atomic E-state index is 12.2. The molecule has 0 saturated carbocycles. The molecular weight excluding hydrogens is 226 g/mol. The number of ketones is 1. The van der Waals surface area contributed by atoms with Crippen LogP contribution in [0.3, 0.4) is 0 Å². The van der Waals surface area contributed by atoms with E-state index in [-0.39, 0.29) is 11.7 Å². The van der Waals surface area contributed by atoms with Gasteiger partial charge in [-0.1, -0.05) is 31.0 Å². The van der Waals surface area contributed by atoms with E-state index in [2.05, 4.69) is 6.92 Å². The molecule has 0 aliphatic heterocycles. The molecule has 1 aromatic carbocycles. The number of benzene rings is 1. The smallest absolute Gasteiger partial charge is 0.141 e. The number of methoxy groups -OCH3 is 1. The van der Waals surface area contributed by atoms with Crippen LogP contribution < -0.4 is 10.5 Å². The van der Waals surface area contributed by atoms with Crippen molar-refractivity contribution >= 4 is 5.78 Å². The van der Waals surface area contributed by atoms with Crippen LogP contribution in [-0.2, 0) is 11.2 Å². The normalized spacial score (nSPS) is 12.2. The molecule has 2 N–H and O–H groups in total. The van der Waals surface area contributed by atoms with E-state index in [0.29, 0.717) is 13.0 Å². The highest BCUT2D eigenvalue weighted by molar-refractivity contribution is 5.84. The van der Waals surface area contributed by atoms with Gasteiger partial charge in [0, 0.05) is 24.4 Å². The van der Waals surface area contributed by atoms with Gasteiger partial charge in [-0.3, -0.25) is 4.79 Å². The minimum absolute atomic E-state index is 0.0276. The highest BCUT2D eigenvalue weighted by Gasteiger charge is 2.17. The molecule has 3 nitrogen and oxygen atoms in total. The number of rotatable bonds is 7. The van der Waals surface area contributed by atoms with Crippen molar-refractivity contribution in [2.45, 2.75) is 33.1 Å². The summed E-state index contributed by atoms with van der Waals surface area (Å²) >= 11 is 0. The summed E-state index contributed by atoms with van der Waals surface area (Å²) in [6.45, 7) is 4.52. The van der Waals surface area contributed by atoms with Gasteiger partial charge in [0.1, 0.15) is 11.5 Å². The van der Waals surface area contributed by atoms with Crippen molar-refractivity contribution in [3.8, 4) is 5.75 Å². The number of carbonyl (C=O) groups is 1. The van der Waals surface area contributed by atoms with Crippen LogP contribution in [0, 0.1) is 12.8 Å². The van der Waals surface area contributed by atoms with Gasteiger partial charge in [0.05, 0.1) is 7.11 Å². The molecule has 0 fully saturated rings. The zero-order valence-electron chi connectivity index (χ0n) is 11.5. The van der Waals surface area contributed by atoms with Gasteiger partial charge in [0.15, 0.2) is 0 Å². The number of hydrogen-bond acceptors (Lipinski definition) is 3. The average Bonchev–Trinajstić information content (AvgIpc) is 2.36. The molecule has 0 saturated heterocycles. The zero-order chi connectivity index (χ0) is 13.5. The van der Waals surface area contributed by atoms with Gasteiger partial charge in [-0.05, 0) is 19.4 Å². The maximum Gasteiger partial charge on any atom is 0.141 e. The number of hydrogen-bond donors (Lipinski definition) is 1. The van der Waals surface area contributed by atoms with E-state index in [9.17, 15) is 4.79 Å². The van der Waals surface area contributed by atoms with E-state index in [4.69, 9.17) is 10.5 Å². The second-order valence-corrected chi connectivity index (χ2v) is 4.68. The molecule has 0 aromatic heterocycles. The first kappa shape index (κ1) is 14.7. The number of carbonyl (C=O) groups excluding carboxylic acids is 1. The summed E-state index contributed by atoms with van der Waals surface area (Å²) < 4.78 is 5.29. The second kappa shape index (κ2) is 7.17. The fraction of sp³-hybridized carbons (Fsp3) is 0.533. The third-order valence-electron chi connectivity index (χ3n) is 3.18. The average molecular weight is 249 g/mol. The molecule has 0 radical (unpaired) electrons. The predicted octanol–water partition coefficient (Wildman–Crippen LogP) is 2.49. The fourth-order valence-electron chi connectivity index (χ4n) is 2.14. The monoisotopic (exact) mass is 249 g/mol. The predicted molar refractivity (Wildman–Crippen MR) is 73.9 cm³/mol. The van der Waals surface area contributed by atoms with E-state index in [1.54, 1.807) is 7.11 Å². The molecule has 0 heterocycles. The van der Waals surface area contributed by atoms with Crippen LogP contribution in [0.5, 0.6) is 5.75 Å². The van der Waals surface area contributed by atoms with Gasteiger partial charge in [0.2, 0.25) is 0 Å². The Balaban J connectivity index is 2.82. The summed E-state index contributed by atoms with van der Waals surface area (Å²) in [6.07, 6.45) is 2.26. The zero-order valence-corrected chi connectivity index (χ0v) is 11.5. The minimum Gasteiger partial charge on any atom is -0.496 e. The quantitative estimate of drug-likeness (QED) is 0.807. The Kier molecular flexibility index (Phi) is 5.86. The van der Waals surface area contributed by atoms with E-state index in [1.165, 1.54) is 0 Å². The number of ether oxygens (including phenoxy) is 1. The van der Waals surface area contributed by atoms with Gasteiger partial charge in [0.25, 0.3) is 0 Å². The van der Waals surface area contributed by atoms with Crippen LogP contribution in [0.25, 0.3) is 0 Å². The van der Waals surface area contributed by atoms with Crippen molar-refractivity contribution in [1.29, 1.82) is 0 Å². The van der Waals surface area contributed by atoms with Crippen LogP contribution >= 0.6 is 0 Å². The van der Waals surface area contributed by atoms with E-state index in [1.807, 2.05) is 25.1 Å². The van der Waals surface area contributed by atoms with Crippen molar-refractivity contribution < 1.29 is 9.53 Å². The van der Waals surface area contributed by atoms with E-state index in [0.717, 1.165) is 29.7 Å². The first-order chi connectivity index (χ1) is 8.62. The van der Waals surface area contributed by atoms with E-state index >= 15 is 0 Å². The van der Waals surface area contributed by atoms with E-state index < -0.39 is 0 Å². The summed E-state index contributed by atoms with van der Waals surface area (Å²) in [5.41, 5.74) is 7.75. The van der Waals surface area contributed by atoms with Crippen LogP contribution in [0.1, 0.15) is 30.9 Å². The summed E-state index contributed by atoms with van der Waals surface area (Å²) in [6, 6.07) is 5.91. The Morgan fingerprint density at radius 1 is 1.44 bits per heavy atom. The summed E-state index contributed by atoms with van der Waals surface area (Å²) in [4.78, 5) is 12.2. The highest BCUT2D eigenvalue weighted by atomic mass is 16.5. The van der Waals surface area contributed by atoms with Gasteiger partial charge in [-0.2, -0.15) is 0 Å². The van der Waals surface area contributed by atoms with Gasteiger partial charge >= 0.3 is 0 Å². The first-order valence-corrected chi connectivity index (χ1v) is 6.48. The molecule has 0 amide bonds. The van der Waals surface area contributed by atoms with Gasteiger partial charge in [-0.15, -0.1) is 0 Å². The van der Waals surface area contributed by atoms with Crippen molar-refractivity contribution in [3.63, 3.8) is 0 Å². The van der Waals surface area contributed by atoms with Gasteiger partial charge in [-0.25, -0.2) is 0 Å². The minimum atomic E-state index is -0.0276. The van der Waals surface area contributed by atoms with Crippen molar-refractivity contribution in [2.24, 2.45) is 11.7 Å². The molecule has 0 aliphatic carbocycles. The molecule has 0 bridgehead atoms. The number of aryl methyl sites for hydroxylation is 1. The lowest BCUT2D eigenvalue weighted by molar-refractivity contribution is -0.122. The van der Waals surface area contributed by atoms with Crippen molar-refractivity contribution in [3.05, 3.63) is 29.3 Å². The maximum absolute atomic E-state index is 12.2. The van der Waals surface area contributed by atoms with Crippen molar-refractivity contribution in [1.82, 2.24) is 0 Å². The lowest BCUT2D eigenvalue weighted by atomic mass is 9.93. The van der Waals surface area contributed by atoms with Gasteiger partial charge < -0.3 is 10.5 Å². The Morgan fingerprint density at radius 3 is 2.72 bits per heavy atom. The molecule has 18 heavy (non-hydrogen) atoms. The SMILES string of the molecule is CCCC(CN)C(=O)Cc1cc(C)ccc1OC. The fourth-order valence-corrected chi connectivity index (χ4v) is 2.14. The molecule has 1 unspecified atom stereocenters. The first-order valence-electron chi connectivity index (χ1n) is 6.48. The Bertz CT molecular complexity index is 401. The lowest BCUT2D eigenvalue weighted by Gasteiger charge is -2.14. The molecular formula is C15H23NO2. The summed E-state index contributed by atoms with van der Waals surface area (Å²) in [7, 11) is 1.63. The molecule has 1 atom stereocenters. The van der Waals surface area contributed by atoms with Crippen molar-refractivity contribution in [2.75, 3.05) is 13.7 Å². The largest absolute Gasteiger partial charge is 0.496 e. The molecule has 0 spiro atoms. The lowest BCUT2D eigenvalue weighted by Crippen LogP contribution is -2.25. The molecule has 1 aromatic rings. The second-order valence-electron chi connectivity index (χ2n) is 4.68. The number of nitrogens with two attached hydrogens (primary N) is 1. The summed E-state index contributed by atoms with van der Waals surface area (Å²) in [5.74, 6) is 0.963. The van der Waals surface area contributed by atoms with Crippen LogP contribution in [0.15, 0.2) is 18.2 Å². The topological polar surface area (TPSA) is 52.3 Å². The third kappa shape index (κ3) is 3.84. The Labute approximate surface area is 109 Å². The molecule has 1 rings (SSSR count). The molecule has 100 valence electrons. The third-order valence-corrected chi connectivity index (χ3v) is 3.18. The van der Waals surface area contributed by atoms with Crippen LogP contribution in [0.2, 0.25) is 0 Å². The highest BCUT2D eigenvalue weighted by Crippen LogP contribution is 2.22. The Morgan fingerprint density at radius 2 is 2.17 bits per heavy atom. The van der Waals surface area contributed by atoms with Crippen LogP contribution in [-0.4, -0.2) is 19.4 Å². The molecule has 3 heteroatoms.